The molecule has 1 fully saturated rings. The molecule has 3 N–H and O–H groups in total. The van der Waals surface area contributed by atoms with E-state index in [4.69, 9.17) is 5.73 Å². The molecule has 1 amide bonds. The molecule has 1 heterocycles. The molecule has 1 aromatic rings. The van der Waals surface area contributed by atoms with Gasteiger partial charge in [-0.05, 0) is 16.5 Å². The molecule has 0 aromatic heterocycles. The molecule has 1 saturated heterocycles. The lowest BCUT2D eigenvalue weighted by Crippen LogP contribution is -2.28. The van der Waals surface area contributed by atoms with Crippen molar-refractivity contribution in [3.63, 3.8) is 0 Å². The predicted molar refractivity (Wildman–Crippen MR) is 73.4 cm³/mol. The summed E-state index contributed by atoms with van der Waals surface area (Å²) >= 11 is 0. The van der Waals surface area contributed by atoms with Crippen LogP contribution in [0.15, 0.2) is 24.3 Å². The van der Waals surface area contributed by atoms with E-state index in [1.165, 1.54) is 11.1 Å². The van der Waals surface area contributed by atoms with Gasteiger partial charge in [0.15, 0.2) is 0 Å². The summed E-state index contributed by atoms with van der Waals surface area (Å²) in [5.74, 6) is -0.0631. The Balaban J connectivity index is 2.22. The summed E-state index contributed by atoms with van der Waals surface area (Å²) in [7, 11) is 0. The van der Waals surface area contributed by atoms with Crippen LogP contribution < -0.4 is 11.1 Å². The van der Waals surface area contributed by atoms with Crippen LogP contribution in [0.2, 0.25) is 0 Å². The summed E-state index contributed by atoms with van der Waals surface area (Å²) in [4.78, 5) is 11.4. The molecule has 0 bridgehead atoms. The largest absolute Gasteiger partial charge is 0.369 e. The number of nitrogens with two attached hydrogens (primary N) is 1. The van der Waals surface area contributed by atoms with Crippen molar-refractivity contribution in [1.29, 1.82) is 0 Å². The van der Waals surface area contributed by atoms with E-state index in [2.05, 4.69) is 50.4 Å². The van der Waals surface area contributed by atoms with Crippen LogP contribution in [0, 0.1) is 5.92 Å². The first kappa shape index (κ1) is 13.1. The van der Waals surface area contributed by atoms with Gasteiger partial charge in [-0.3, -0.25) is 4.79 Å². The van der Waals surface area contributed by atoms with Gasteiger partial charge in [0.1, 0.15) is 0 Å². The van der Waals surface area contributed by atoms with Gasteiger partial charge in [-0.15, -0.1) is 0 Å². The molecule has 2 rings (SSSR count). The molecule has 2 atom stereocenters. The van der Waals surface area contributed by atoms with Crippen molar-refractivity contribution in [2.75, 3.05) is 13.1 Å². The Bertz CT molecular complexity index is 431. The molecule has 1 aliphatic rings. The number of nitrogens with one attached hydrogen (secondary N) is 1. The highest BCUT2D eigenvalue weighted by atomic mass is 16.1. The van der Waals surface area contributed by atoms with Crippen LogP contribution in [-0.2, 0) is 10.2 Å². The van der Waals surface area contributed by atoms with Gasteiger partial charge in [0.05, 0.1) is 5.92 Å². The molecule has 0 aliphatic carbocycles. The third kappa shape index (κ3) is 2.56. The van der Waals surface area contributed by atoms with Gasteiger partial charge in [0, 0.05) is 19.0 Å². The molecule has 0 spiro atoms. The molecule has 1 aromatic carbocycles. The average Bonchev–Trinajstić information content (AvgIpc) is 2.77. The minimum Gasteiger partial charge on any atom is -0.369 e. The smallest absolute Gasteiger partial charge is 0.222 e. The Labute approximate surface area is 109 Å². The molecule has 18 heavy (non-hydrogen) atoms. The maximum atomic E-state index is 11.4. The van der Waals surface area contributed by atoms with E-state index in [-0.39, 0.29) is 23.2 Å². The lowest BCUT2D eigenvalue weighted by molar-refractivity contribution is -0.121. The van der Waals surface area contributed by atoms with Crippen molar-refractivity contribution in [1.82, 2.24) is 5.32 Å². The van der Waals surface area contributed by atoms with E-state index in [1.807, 2.05) is 0 Å². The molecule has 98 valence electrons. The minimum absolute atomic E-state index is 0.0783. The fraction of sp³-hybridized carbons (Fsp3) is 0.533. The zero-order valence-electron chi connectivity index (χ0n) is 11.4. The first-order valence-electron chi connectivity index (χ1n) is 6.50. The van der Waals surface area contributed by atoms with Gasteiger partial charge in [0.25, 0.3) is 0 Å². The predicted octanol–water partition coefficient (Wildman–Crippen LogP) is 1.77. The Kier molecular flexibility index (Phi) is 3.44. The topological polar surface area (TPSA) is 55.1 Å². The number of primary amides is 1. The Morgan fingerprint density at radius 3 is 2.33 bits per heavy atom. The van der Waals surface area contributed by atoms with E-state index < -0.39 is 0 Å². The van der Waals surface area contributed by atoms with Gasteiger partial charge < -0.3 is 11.1 Å². The van der Waals surface area contributed by atoms with Crippen molar-refractivity contribution in [3.05, 3.63) is 35.4 Å². The highest BCUT2D eigenvalue weighted by Crippen LogP contribution is 2.30. The Morgan fingerprint density at radius 2 is 1.83 bits per heavy atom. The number of carbonyl (C=O) groups is 1. The number of amides is 1. The van der Waals surface area contributed by atoms with Crippen molar-refractivity contribution < 1.29 is 4.79 Å². The summed E-state index contributed by atoms with van der Waals surface area (Å²) in [6.45, 7) is 8.13. The van der Waals surface area contributed by atoms with Gasteiger partial charge in [-0.2, -0.15) is 0 Å². The fourth-order valence-corrected chi connectivity index (χ4v) is 2.56. The monoisotopic (exact) mass is 246 g/mol. The van der Waals surface area contributed by atoms with Crippen LogP contribution in [0.25, 0.3) is 0 Å². The minimum atomic E-state index is -0.204. The quantitative estimate of drug-likeness (QED) is 0.835. The SMILES string of the molecule is CC(C)(C)c1ccc(C2CNCC2C(N)=O)cc1. The highest BCUT2D eigenvalue weighted by Gasteiger charge is 2.32. The Hall–Kier alpha value is -1.35. The molecular weight excluding hydrogens is 224 g/mol. The Morgan fingerprint density at radius 1 is 1.22 bits per heavy atom. The number of hydrogen-bond donors (Lipinski definition) is 2. The maximum Gasteiger partial charge on any atom is 0.222 e. The second-order valence-electron chi connectivity index (χ2n) is 6.15. The summed E-state index contributed by atoms with van der Waals surface area (Å²) in [6.07, 6.45) is 0. The van der Waals surface area contributed by atoms with Crippen LogP contribution in [0.3, 0.4) is 0 Å². The highest BCUT2D eigenvalue weighted by molar-refractivity contribution is 5.78. The number of benzene rings is 1. The first-order chi connectivity index (χ1) is 8.39. The van der Waals surface area contributed by atoms with Gasteiger partial charge >= 0.3 is 0 Å². The third-order valence-corrected chi connectivity index (χ3v) is 3.78. The standard InChI is InChI=1S/C15H22N2O/c1-15(2,3)11-6-4-10(5-7-11)12-8-17-9-13(12)14(16)18/h4-7,12-13,17H,8-9H2,1-3H3,(H2,16,18). The van der Waals surface area contributed by atoms with Crippen molar-refractivity contribution in [3.8, 4) is 0 Å². The van der Waals surface area contributed by atoms with Gasteiger partial charge in [-0.1, -0.05) is 45.0 Å². The van der Waals surface area contributed by atoms with Gasteiger partial charge in [-0.25, -0.2) is 0 Å². The summed E-state index contributed by atoms with van der Waals surface area (Å²) in [5.41, 5.74) is 8.13. The molecule has 1 aliphatic heterocycles. The molecular formula is C15H22N2O. The number of carbonyl (C=O) groups excluding carboxylic acids is 1. The van der Waals surface area contributed by atoms with Crippen LogP contribution in [0.1, 0.15) is 37.8 Å². The lowest BCUT2D eigenvalue weighted by Gasteiger charge is -2.21. The van der Waals surface area contributed by atoms with E-state index in [0.717, 1.165) is 6.54 Å². The van der Waals surface area contributed by atoms with Crippen molar-refractivity contribution in [2.45, 2.75) is 32.1 Å². The van der Waals surface area contributed by atoms with E-state index in [9.17, 15) is 4.79 Å². The first-order valence-corrected chi connectivity index (χ1v) is 6.50. The maximum absolute atomic E-state index is 11.4. The normalized spacial score (nSPS) is 24.2. The van der Waals surface area contributed by atoms with E-state index >= 15 is 0 Å². The summed E-state index contributed by atoms with van der Waals surface area (Å²) in [5, 5.41) is 3.25. The number of hydrogen-bond acceptors (Lipinski definition) is 2. The molecule has 0 saturated carbocycles. The van der Waals surface area contributed by atoms with E-state index in [1.54, 1.807) is 0 Å². The molecule has 3 nitrogen and oxygen atoms in total. The second-order valence-corrected chi connectivity index (χ2v) is 6.15. The zero-order valence-corrected chi connectivity index (χ0v) is 11.4. The molecule has 0 radical (unpaired) electrons. The van der Waals surface area contributed by atoms with Crippen molar-refractivity contribution in [2.24, 2.45) is 11.7 Å². The summed E-state index contributed by atoms with van der Waals surface area (Å²) in [6, 6.07) is 8.58. The third-order valence-electron chi connectivity index (χ3n) is 3.78. The summed E-state index contributed by atoms with van der Waals surface area (Å²) < 4.78 is 0. The zero-order chi connectivity index (χ0) is 13.3. The van der Waals surface area contributed by atoms with Crippen LogP contribution >= 0.6 is 0 Å². The van der Waals surface area contributed by atoms with Crippen molar-refractivity contribution >= 4 is 5.91 Å². The average molecular weight is 246 g/mol. The fourth-order valence-electron chi connectivity index (χ4n) is 2.56. The second kappa shape index (κ2) is 4.73. The molecule has 3 heteroatoms. The van der Waals surface area contributed by atoms with Crippen LogP contribution in [-0.4, -0.2) is 19.0 Å². The van der Waals surface area contributed by atoms with Crippen LogP contribution in [0.5, 0.6) is 0 Å². The van der Waals surface area contributed by atoms with E-state index in [0.29, 0.717) is 6.54 Å². The molecule has 2 unspecified atom stereocenters. The van der Waals surface area contributed by atoms with Gasteiger partial charge in [0.2, 0.25) is 5.91 Å². The van der Waals surface area contributed by atoms with Crippen LogP contribution in [0.4, 0.5) is 0 Å². The number of rotatable bonds is 2. The lowest BCUT2D eigenvalue weighted by atomic mass is 9.83.